The van der Waals surface area contributed by atoms with E-state index in [0.29, 0.717) is 17.7 Å². The van der Waals surface area contributed by atoms with Gasteiger partial charge in [0.2, 0.25) is 0 Å². The van der Waals surface area contributed by atoms with E-state index < -0.39 is 0 Å². The number of carbonyl (C=O) groups excluding carboxylic acids is 1. The second-order valence-corrected chi connectivity index (χ2v) is 5.73. The van der Waals surface area contributed by atoms with Crippen molar-refractivity contribution in [3.8, 4) is 0 Å². The molecule has 1 aliphatic carbocycles. The van der Waals surface area contributed by atoms with Crippen molar-refractivity contribution in [1.29, 1.82) is 5.41 Å². The van der Waals surface area contributed by atoms with Crippen LogP contribution in [0.1, 0.15) is 46.0 Å². The number of nitrogens with zero attached hydrogens (tertiary/aromatic N) is 1. The van der Waals surface area contributed by atoms with Gasteiger partial charge in [-0.15, -0.1) is 0 Å². The van der Waals surface area contributed by atoms with Crippen molar-refractivity contribution >= 4 is 11.9 Å². The Labute approximate surface area is 103 Å². The van der Waals surface area contributed by atoms with Crippen LogP contribution >= 0.6 is 0 Å². The highest BCUT2D eigenvalue weighted by molar-refractivity contribution is 6.05. The van der Waals surface area contributed by atoms with Gasteiger partial charge in [0.05, 0.1) is 6.04 Å². The zero-order chi connectivity index (χ0) is 12.4. The van der Waals surface area contributed by atoms with E-state index in [2.05, 4.69) is 19.2 Å². The van der Waals surface area contributed by atoms with Crippen LogP contribution < -0.4 is 5.32 Å². The molecule has 1 saturated heterocycles. The average Bonchev–Trinajstić information content (AvgIpc) is 2.54. The lowest BCUT2D eigenvalue weighted by molar-refractivity contribution is 0.168. The Morgan fingerprint density at radius 1 is 1.35 bits per heavy atom. The van der Waals surface area contributed by atoms with Crippen LogP contribution in [-0.4, -0.2) is 29.4 Å². The minimum Gasteiger partial charge on any atom is -0.314 e. The van der Waals surface area contributed by atoms with Gasteiger partial charge in [-0.2, -0.15) is 0 Å². The molecule has 1 heterocycles. The summed E-state index contributed by atoms with van der Waals surface area (Å²) < 4.78 is 0. The molecule has 2 N–H and O–H groups in total. The van der Waals surface area contributed by atoms with E-state index in [1.807, 2.05) is 4.90 Å². The zero-order valence-corrected chi connectivity index (χ0v) is 10.8. The second kappa shape index (κ2) is 5.07. The molecule has 0 aromatic heterocycles. The van der Waals surface area contributed by atoms with Crippen molar-refractivity contribution in [2.45, 2.75) is 52.0 Å². The second-order valence-electron chi connectivity index (χ2n) is 5.73. The molecule has 0 bridgehead atoms. The number of amides is 2. The summed E-state index contributed by atoms with van der Waals surface area (Å²) in [5.41, 5.74) is 0. The minimum absolute atomic E-state index is 0.0187. The maximum absolute atomic E-state index is 11.8. The Balaban J connectivity index is 2.10. The summed E-state index contributed by atoms with van der Waals surface area (Å²) in [5, 5.41) is 10.7. The first kappa shape index (κ1) is 12.4. The Bertz CT molecular complexity index is 308. The molecule has 0 aromatic carbocycles. The van der Waals surface area contributed by atoms with Crippen LogP contribution in [0.5, 0.6) is 0 Å². The summed E-state index contributed by atoms with van der Waals surface area (Å²) in [5.74, 6) is 1.37. The summed E-state index contributed by atoms with van der Waals surface area (Å²) in [6.07, 6.45) is 6.13. The fourth-order valence-electron chi connectivity index (χ4n) is 3.07. The van der Waals surface area contributed by atoms with Crippen molar-refractivity contribution < 1.29 is 4.79 Å². The summed E-state index contributed by atoms with van der Waals surface area (Å²) in [6, 6.07) is -0.0514. The highest BCUT2D eigenvalue weighted by atomic mass is 16.2. The molecule has 2 rings (SSSR count). The predicted octanol–water partition coefficient (Wildman–Crippen LogP) is 2.59. The van der Waals surface area contributed by atoms with Crippen molar-refractivity contribution in [1.82, 2.24) is 10.2 Å². The van der Waals surface area contributed by atoms with Crippen molar-refractivity contribution in [2.75, 3.05) is 6.54 Å². The molecule has 2 amide bonds. The molecule has 1 unspecified atom stereocenters. The fourth-order valence-corrected chi connectivity index (χ4v) is 3.07. The van der Waals surface area contributed by atoms with Crippen molar-refractivity contribution in [2.24, 2.45) is 11.8 Å². The van der Waals surface area contributed by atoms with E-state index in [0.717, 1.165) is 19.4 Å². The van der Waals surface area contributed by atoms with E-state index in [-0.39, 0.29) is 12.1 Å². The van der Waals surface area contributed by atoms with Gasteiger partial charge in [-0.1, -0.05) is 33.1 Å². The normalized spacial score (nSPS) is 26.8. The molecule has 0 aromatic rings. The van der Waals surface area contributed by atoms with E-state index >= 15 is 0 Å². The number of nitrogens with one attached hydrogen (secondary N) is 2. The van der Waals surface area contributed by atoms with Gasteiger partial charge in [0.15, 0.2) is 0 Å². The standard InChI is InChI=1S/C13H23N3O/c1-9(2)8-16-11(12(14)15-13(16)17)10-6-4-3-5-7-10/h9-11H,3-8H2,1-2H3,(H2,14,15,17). The highest BCUT2D eigenvalue weighted by Crippen LogP contribution is 2.31. The molecule has 0 spiro atoms. The monoisotopic (exact) mass is 237 g/mol. The summed E-state index contributed by atoms with van der Waals surface area (Å²) in [6.45, 7) is 5.00. The largest absolute Gasteiger partial charge is 0.323 e. The first-order chi connectivity index (χ1) is 8.09. The lowest BCUT2D eigenvalue weighted by Crippen LogP contribution is -2.43. The molecule has 4 heteroatoms. The van der Waals surface area contributed by atoms with Crippen LogP contribution in [-0.2, 0) is 0 Å². The number of carbonyl (C=O) groups is 1. The molecule has 2 fully saturated rings. The quantitative estimate of drug-likeness (QED) is 0.778. The molecule has 0 radical (unpaired) electrons. The van der Waals surface area contributed by atoms with Crippen LogP contribution in [0.4, 0.5) is 4.79 Å². The fraction of sp³-hybridized carbons (Fsp3) is 0.846. The molecular formula is C13H23N3O. The SMILES string of the molecule is CC(C)CN1C(=O)NC(=N)C1C1CCCCC1. The van der Waals surface area contributed by atoms with E-state index in [9.17, 15) is 4.79 Å². The van der Waals surface area contributed by atoms with Crippen molar-refractivity contribution in [3.63, 3.8) is 0 Å². The lowest BCUT2D eigenvalue weighted by Gasteiger charge is -2.33. The first-order valence-electron chi connectivity index (χ1n) is 6.75. The molecule has 1 saturated carbocycles. The third kappa shape index (κ3) is 2.61. The van der Waals surface area contributed by atoms with Crippen LogP contribution in [0.2, 0.25) is 0 Å². The molecule has 17 heavy (non-hydrogen) atoms. The molecule has 96 valence electrons. The summed E-state index contributed by atoms with van der Waals surface area (Å²) in [7, 11) is 0. The van der Waals surface area contributed by atoms with Gasteiger partial charge < -0.3 is 4.90 Å². The van der Waals surface area contributed by atoms with Crippen LogP contribution in [0.25, 0.3) is 0 Å². The van der Waals surface area contributed by atoms with Crippen LogP contribution in [0, 0.1) is 17.2 Å². The Kier molecular flexibility index (Phi) is 3.69. The average molecular weight is 237 g/mol. The van der Waals surface area contributed by atoms with Gasteiger partial charge in [0.25, 0.3) is 0 Å². The minimum atomic E-state index is -0.0701. The molecule has 1 aliphatic heterocycles. The highest BCUT2D eigenvalue weighted by Gasteiger charge is 2.40. The maximum atomic E-state index is 11.8. The first-order valence-corrected chi connectivity index (χ1v) is 6.75. The van der Waals surface area contributed by atoms with Gasteiger partial charge in [-0.3, -0.25) is 10.7 Å². The topological polar surface area (TPSA) is 56.2 Å². The Hall–Kier alpha value is -1.06. The van der Waals surface area contributed by atoms with E-state index in [1.54, 1.807) is 0 Å². The zero-order valence-electron chi connectivity index (χ0n) is 10.8. The number of hydrogen-bond acceptors (Lipinski definition) is 2. The van der Waals surface area contributed by atoms with E-state index in [1.165, 1.54) is 19.3 Å². The van der Waals surface area contributed by atoms with Gasteiger partial charge in [-0.25, -0.2) is 4.79 Å². The number of urea groups is 1. The number of rotatable bonds is 3. The smallest absolute Gasteiger partial charge is 0.314 e. The third-order valence-corrected chi connectivity index (χ3v) is 3.79. The summed E-state index contributed by atoms with van der Waals surface area (Å²) in [4.78, 5) is 13.7. The lowest BCUT2D eigenvalue weighted by atomic mass is 9.83. The van der Waals surface area contributed by atoms with Gasteiger partial charge in [-0.05, 0) is 24.7 Å². The van der Waals surface area contributed by atoms with Crippen LogP contribution in [0.15, 0.2) is 0 Å². The Morgan fingerprint density at radius 2 is 2.00 bits per heavy atom. The van der Waals surface area contributed by atoms with E-state index in [4.69, 9.17) is 5.41 Å². The third-order valence-electron chi connectivity index (χ3n) is 3.79. The molecular weight excluding hydrogens is 214 g/mol. The van der Waals surface area contributed by atoms with Gasteiger partial charge in [0.1, 0.15) is 5.84 Å². The Morgan fingerprint density at radius 3 is 2.59 bits per heavy atom. The number of amidine groups is 1. The predicted molar refractivity (Wildman–Crippen MR) is 68.2 cm³/mol. The van der Waals surface area contributed by atoms with Crippen molar-refractivity contribution in [3.05, 3.63) is 0 Å². The summed E-state index contributed by atoms with van der Waals surface area (Å²) >= 11 is 0. The van der Waals surface area contributed by atoms with Gasteiger partial charge >= 0.3 is 6.03 Å². The molecule has 1 atom stereocenters. The molecule has 4 nitrogen and oxygen atoms in total. The maximum Gasteiger partial charge on any atom is 0.323 e. The van der Waals surface area contributed by atoms with Crippen LogP contribution in [0.3, 0.4) is 0 Å². The molecule has 2 aliphatic rings. The number of hydrogen-bond donors (Lipinski definition) is 2. The van der Waals surface area contributed by atoms with Gasteiger partial charge in [0, 0.05) is 6.54 Å².